The molecule has 1 rings (SSSR count). The number of unbranched alkanes of at least 4 members (excludes halogenated alkanes) is 1. The van der Waals surface area contributed by atoms with Crippen LogP contribution in [0, 0.1) is 5.92 Å². The number of carbonyl (C=O) groups is 1. The lowest BCUT2D eigenvalue weighted by molar-refractivity contribution is -0.140. The standard InChI is InChI=1S/C17H24O2S/c1-3-5-12-15(17(18)19)16(9-4-2)20-13-14-10-7-6-8-11-14/h6-11,15H,3-5,12-13H2,1-2H3,(H,18,19)/b16-9-. The minimum absolute atomic E-state index is 0.344. The second-order valence-corrected chi connectivity index (χ2v) is 5.87. The molecule has 1 aromatic carbocycles. The maximum absolute atomic E-state index is 11.5. The Bertz CT molecular complexity index is 426. The number of hydrogen-bond acceptors (Lipinski definition) is 2. The van der Waals surface area contributed by atoms with Crippen LogP contribution in [0.15, 0.2) is 41.3 Å². The highest BCUT2D eigenvalue weighted by atomic mass is 32.2. The predicted octanol–water partition coefficient (Wildman–Crippen LogP) is 5.10. The van der Waals surface area contributed by atoms with Gasteiger partial charge in [0.25, 0.3) is 0 Å². The van der Waals surface area contributed by atoms with Crippen LogP contribution in [0.2, 0.25) is 0 Å². The van der Waals surface area contributed by atoms with Gasteiger partial charge in [-0.1, -0.05) is 63.1 Å². The van der Waals surface area contributed by atoms with Crippen LogP contribution in [-0.2, 0) is 10.5 Å². The average Bonchev–Trinajstić information content (AvgIpc) is 2.45. The summed E-state index contributed by atoms with van der Waals surface area (Å²) in [6.45, 7) is 4.15. The molecule has 110 valence electrons. The number of allylic oxidation sites excluding steroid dienone is 1. The minimum Gasteiger partial charge on any atom is -0.481 e. The molecule has 0 heterocycles. The Labute approximate surface area is 126 Å². The van der Waals surface area contributed by atoms with Crippen molar-refractivity contribution < 1.29 is 9.90 Å². The monoisotopic (exact) mass is 292 g/mol. The highest BCUT2D eigenvalue weighted by molar-refractivity contribution is 8.02. The van der Waals surface area contributed by atoms with Gasteiger partial charge in [0.15, 0.2) is 0 Å². The summed E-state index contributed by atoms with van der Waals surface area (Å²) in [5, 5.41) is 9.44. The van der Waals surface area contributed by atoms with Crippen molar-refractivity contribution in [3.63, 3.8) is 0 Å². The van der Waals surface area contributed by atoms with Crippen molar-refractivity contribution >= 4 is 17.7 Å². The third-order valence-electron chi connectivity index (χ3n) is 3.14. The first-order chi connectivity index (χ1) is 9.69. The molecule has 0 aliphatic rings. The summed E-state index contributed by atoms with van der Waals surface area (Å²) in [4.78, 5) is 12.5. The maximum atomic E-state index is 11.5. The zero-order valence-corrected chi connectivity index (χ0v) is 13.2. The Balaban J connectivity index is 2.71. The summed E-state index contributed by atoms with van der Waals surface area (Å²) in [5.74, 6) is -0.204. The van der Waals surface area contributed by atoms with Gasteiger partial charge in [0.2, 0.25) is 0 Å². The molecule has 0 bridgehead atoms. The number of carboxylic acid groups (broad SMARTS) is 1. The number of thioether (sulfide) groups is 1. The molecule has 0 saturated heterocycles. The van der Waals surface area contributed by atoms with Crippen molar-refractivity contribution in [2.24, 2.45) is 5.92 Å². The quantitative estimate of drug-likeness (QED) is 0.687. The van der Waals surface area contributed by atoms with E-state index in [0.717, 1.165) is 36.3 Å². The highest BCUT2D eigenvalue weighted by Crippen LogP contribution is 2.31. The van der Waals surface area contributed by atoms with E-state index in [2.05, 4.69) is 32.1 Å². The van der Waals surface area contributed by atoms with Crippen LogP contribution in [0.3, 0.4) is 0 Å². The Morgan fingerprint density at radius 1 is 1.30 bits per heavy atom. The number of aliphatic carboxylic acids is 1. The molecule has 1 N–H and O–H groups in total. The topological polar surface area (TPSA) is 37.3 Å². The van der Waals surface area contributed by atoms with Crippen molar-refractivity contribution in [3.8, 4) is 0 Å². The van der Waals surface area contributed by atoms with Crippen LogP contribution in [-0.4, -0.2) is 11.1 Å². The van der Waals surface area contributed by atoms with E-state index in [-0.39, 0.29) is 5.92 Å². The lowest BCUT2D eigenvalue weighted by Crippen LogP contribution is -2.15. The lowest BCUT2D eigenvalue weighted by Gasteiger charge is -2.16. The van der Waals surface area contributed by atoms with E-state index >= 15 is 0 Å². The molecular weight excluding hydrogens is 268 g/mol. The molecule has 0 radical (unpaired) electrons. The number of carboxylic acids is 1. The molecule has 1 unspecified atom stereocenters. The highest BCUT2D eigenvalue weighted by Gasteiger charge is 2.21. The zero-order chi connectivity index (χ0) is 14.8. The lowest BCUT2D eigenvalue weighted by atomic mass is 10.0. The molecule has 0 amide bonds. The first-order valence-electron chi connectivity index (χ1n) is 7.28. The fourth-order valence-corrected chi connectivity index (χ4v) is 3.27. The van der Waals surface area contributed by atoms with E-state index in [1.807, 2.05) is 18.2 Å². The van der Waals surface area contributed by atoms with Gasteiger partial charge in [0.1, 0.15) is 0 Å². The smallest absolute Gasteiger partial charge is 0.311 e. The molecule has 0 aliphatic carbocycles. The van der Waals surface area contributed by atoms with Crippen LogP contribution in [0.1, 0.15) is 45.1 Å². The first kappa shape index (κ1) is 16.8. The van der Waals surface area contributed by atoms with Crippen molar-refractivity contribution in [3.05, 3.63) is 46.9 Å². The molecule has 1 atom stereocenters. The van der Waals surface area contributed by atoms with Gasteiger partial charge in [-0.3, -0.25) is 4.79 Å². The van der Waals surface area contributed by atoms with Gasteiger partial charge in [0, 0.05) is 5.75 Å². The van der Waals surface area contributed by atoms with Crippen molar-refractivity contribution in [1.29, 1.82) is 0 Å². The molecule has 3 heteroatoms. The normalized spacial score (nSPS) is 13.2. The summed E-state index contributed by atoms with van der Waals surface area (Å²) in [5.41, 5.74) is 1.24. The third-order valence-corrected chi connectivity index (χ3v) is 4.40. The van der Waals surface area contributed by atoms with Crippen molar-refractivity contribution in [1.82, 2.24) is 0 Å². The largest absolute Gasteiger partial charge is 0.481 e. The summed E-state index contributed by atoms with van der Waals surface area (Å²) < 4.78 is 0. The minimum atomic E-state index is -0.696. The van der Waals surface area contributed by atoms with E-state index in [0.29, 0.717) is 0 Å². The zero-order valence-electron chi connectivity index (χ0n) is 12.3. The fourth-order valence-electron chi connectivity index (χ4n) is 2.04. The fraction of sp³-hybridized carbons (Fsp3) is 0.471. The van der Waals surface area contributed by atoms with E-state index in [4.69, 9.17) is 0 Å². The van der Waals surface area contributed by atoms with Crippen LogP contribution in [0.25, 0.3) is 0 Å². The van der Waals surface area contributed by atoms with Crippen LogP contribution >= 0.6 is 11.8 Å². The second-order valence-electron chi connectivity index (χ2n) is 4.82. The van der Waals surface area contributed by atoms with Gasteiger partial charge in [-0.2, -0.15) is 0 Å². The molecule has 0 aromatic heterocycles. The van der Waals surface area contributed by atoms with E-state index < -0.39 is 5.97 Å². The Morgan fingerprint density at radius 2 is 2.00 bits per heavy atom. The number of rotatable bonds is 9. The van der Waals surface area contributed by atoms with Crippen LogP contribution in [0.5, 0.6) is 0 Å². The maximum Gasteiger partial charge on any atom is 0.311 e. The van der Waals surface area contributed by atoms with Crippen LogP contribution < -0.4 is 0 Å². The molecule has 0 saturated carbocycles. The Hall–Kier alpha value is -1.22. The summed E-state index contributed by atoms with van der Waals surface area (Å²) >= 11 is 1.67. The van der Waals surface area contributed by atoms with Gasteiger partial charge < -0.3 is 5.11 Å². The molecular formula is C17H24O2S. The molecule has 0 aliphatic heterocycles. The molecule has 2 nitrogen and oxygen atoms in total. The summed E-state index contributed by atoms with van der Waals surface area (Å²) in [6.07, 6.45) is 5.69. The Kier molecular flexibility index (Phi) is 8.12. The SMILES string of the molecule is CC/C=C(\SCc1ccccc1)C(CCCC)C(=O)O. The van der Waals surface area contributed by atoms with E-state index in [1.165, 1.54) is 5.56 Å². The second kappa shape index (κ2) is 9.65. The third kappa shape index (κ3) is 5.83. The molecule has 0 spiro atoms. The van der Waals surface area contributed by atoms with Crippen molar-refractivity contribution in [2.45, 2.75) is 45.3 Å². The predicted molar refractivity (Wildman–Crippen MR) is 86.8 cm³/mol. The van der Waals surface area contributed by atoms with E-state index in [1.54, 1.807) is 11.8 Å². The number of benzene rings is 1. The van der Waals surface area contributed by atoms with Gasteiger partial charge >= 0.3 is 5.97 Å². The average molecular weight is 292 g/mol. The Morgan fingerprint density at radius 3 is 2.55 bits per heavy atom. The van der Waals surface area contributed by atoms with Gasteiger partial charge in [-0.05, 0) is 23.3 Å². The molecule has 20 heavy (non-hydrogen) atoms. The molecule has 1 aromatic rings. The van der Waals surface area contributed by atoms with Gasteiger partial charge in [-0.15, -0.1) is 11.8 Å². The molecule has 0 fully saturated rings. The van der Waals surface area contributed by atoms with Gasteiger partial charge in [-0.25, -0.2) is 0 Å². The van der Waals surface area contributed by atoms with E-state index in [9.17, 15) is 9.90 Å². The van der Waals surface area contributed by atoms with Crippen molar-refractivity contribution in [2.75, 3.05) is 0 Å². The van der Waals surface area contributed by atoms with Gasteiger partial charge in [0.05, 0.1) is 5.92 Å². The summed E-state index contributed by atoms with van der Waals surface area (Å²) in [7, 11) is 0. The summed E-state index contributed by atoms with van der Waals surface area (Å²) in [6, 6.07) is 10.2. The first-order valence-corrected chi connectivity index (χ1v) is 8.27. The van der Waals surface area contributed by atoms with Crippen LogP contribution in [0.4, 0.5) is 0 Å². The number of hydrogen-bond donors (Lipinski definition) is 1.